The van der Waals surface area contributed by atoms with E-state index >= 15 is 0 Å². The van der Waals surface area contributed by atoms with Crippen LogP contribution in [0.25, 0.3) is 0 Å². The Morgan fingerprint density at radius 2 is 1.74 bits per heavy atom. The Bertz CT molecular complexity index is 632. The Labute approximate surface area is 137 Å². The van der Waals surface area contributed by atoms with E-state index in [1.807, 2.05) is 0 Å². The largest absolute Gasteiger partial charge is 0.444 e. The van der Waals surface area contributed by atoms with Crippen LogP contribution in [0.3, 0.4) is 0 Å². The van der Waals surface area contributed by atoms with Crippen LogP contribution in [0.1, 0.15) is 33.6 Å². The Kier molecular flexibility index (Phi) is 6.75. The predicted molar refractivity (Wildman–Crippen MR) is 87.0 cm³/mol. The molecule has 0 spiro atoms. The van der Waals surface area contributed by atoms with Crippen LogP contribution < -0.4 is 5.32 Å². The maximum Gasteiger partial charge on any atom is 0.407 e. The quantitative estimate of drug-likeness (QED) is 0.769. The van der Waals surface area contributed by atoms with Gasteiger partial charge in [0.15, 0.2) is 9.84 Å². The van der Waals surface area contributed by atoms with Crippen molar-refractivity contribution in [2.45, 2.75) is 44.1 Å². The van der Waals surface area contributed by atoms with E-state index in [4.69, 9.17) is 4.74 Å². The number of ether oxygens (including phenoxy) is 1. The molecule has 0 heterocycles. The first kappa shape index (κ1) is 19.2. The lowest BCUT2D eigenvalue weighted by atomic mass is 10.2. The molecule has 0 unspecified atom stereocenters. The molecule has 0 fully saturated rings. The van der Waals surface area contributed by atoms with Crippen LogP contribution in [0.2, 0.25) is 0 Å². The van der Waals surface area contributed by atoms with Gasteiger partial charge in [-0.25, -0.2) is 13.2 Å². The second-order valence-electron chi connectivity index (χ2n) is 6.14. The summed E-state index contributed by atoms with van der Waals surface area (Å²) in [5.41, 5.74) is -0.580. The monoisotopic (exact) mass is 341 g/mol. The highest BCUT2D eigenvalue weighted by Gasteiger charge is 2.19. The van der Waals surface area contributed by atoms with E-state index in [9.17, 15) is 18.0 Å². The van der Waals surface area contributed by atoms with Crippen LogP contribution in [0.15, 0.2) is 35.2 Å². The summed E-state index contributed by atoms with van der Waals surface area (Å²) in [6, 6.07) is 7.87. The summed E-state index contributed by atoms with van der Waals surface area (Å²) in [5.74, 6) is -0.900. The molecule has 0 aliphatic heterocycles. The first-order chi connectivity index (χ1) is 10.6. The second kappa shape index (κ2) is 8.10. The molecule has 0 radical (unpaired) electrons. The summed E-state index contributed by atoms with van der Waals surface area (Å²) < 4.78 is 29.1. The van der Waals surface area contributed by atoms with Crippen molar-refractivity contribution in [3.8, 4) is 0 Å². The molecule has 0 aliphatic carbocycles. The Morgan fingerprint density at radius 3 is 2.30 bits per heavy atom. The molecule has 0 atom stereocenters. The smallest absolute Gasteiger partial charge is 0.407 e. The molecular weight excluding hydrogens is 318 g/mol. The number of sulfone groups is 1. The zero-order chi connectivity index (χ0) is 17.5. The van der Waals surface area contributed by atoms with E-state index in [1.165, 1.54) is 12.1 Å². The maximum atomic E-state index is 12.0. The molecule has 0 aromatic heterocycles. The van der Waals surface area contributed by atoms with Gasteiger partial charge in [0.2, 0.25) is 0 Å². The van der Waals surface area contributed by atoms with Gasteiger partial charge in [-0.15, -0.1) is 0 Å². The minimum absolute atomic E-state index is 0.0852. The molecule has 1 aromatic carbocycles. The van der Waals surface area contributed by atoms with E-state index in [1.54, 1.807) is 39.0 Å². The normalized spacial score (nSPS) is 11.8. The van der Waals surface area contributed by atoms with Gasteiger partial charge in [-0.1, -0.05) is 18.2 Å². The molecule has 128 valence electrons. The van der Waals surface area contributed by atoms with Crippen LogP contribution in [0, 0.1) is 0 Å². The lowest BCUT2D eigenvalue weighted by molar-refractivity contribution is -0.116. The number of Topliss-reactive ketones (excluding diaryl/α,β-unsaturated/α-hetero) is 1. The number of hydrogen-bond acceptors (Lipinski definition) is 5. The van der Waals surface area contributed by atoms with Crippen molar-refractivity contribution in [3.05, 3.63) is 30.3 Å². The summed E-state index contributed by atoms with van der Waals surface area (Å²) in [6.07, 6.45) is -0.105. The highest BCUT2D eigenvalue weighted by atomic mass is 32.2. The highest BCUT2D eigenvalue weighted by Crippen LogP contribution is 2.11. The summed E-state index contributed by atoms with van der Waals surface area (Å²) in [4.78, 5) is 23.3. The molecule has 0 saturated heterocycles. The minimum Gasteiger partial charge on any atom is -0.444 e. The van der Waals surface area contributed by atoms with Crippen molar-refractivity contribution in [2.75, 3.05) is 12.3 Å². The zero-order valence-electron chi connectivity index (χ0n) is 13.7. The fourth-order valence-electron chi connectivity index (χ4n) is 1.79. The van der Waals surface area contributed by atoms with E-state index in [0.29, 0.717) is 6.42 Å². The van der Waals surface area contributed by atoms with Crippen LogP contribution in [-0.2, 0) is 19.4 Å². The highest BCUT2D eigenvalue weighted by molar-refractivity contribution is 7.92. The molecule has 23 heavy (non-hydrogen) atoms. The van der Waals surface area contributed by atoms with Gasteiger partial charge >= 0.3 is 6.09 Å². The minimum atomic E-state index is -3.60. The van der Waals surface area contributed by atoms with Crippen LogP contribution >= 0.6 is 0 Å². The topological polar surface area (TPSA) is 89.5 Å². The van der Waals surface area contributed by atoms with Gasteiger partial charge in [-0.3, -0.25) is 4.79 Å². The van der Waals surface area contributed by atoms with Gasteiger partial charge in [0, 0.05) is 13.0 Å². The first-order valence-corrected chi connectivity index (χ1v) is 9.02. The average molecular weight is 341 g/mol. The molecule has 0 aliphatic rings. The van der Waals surface area contributed by atoms with Crippen molar-refractivity contribution in [3.63, 3.8) is 0 Å². The Hall–Kier alpha value is -1.89. The number of rotatable bonds is 7. The number of benzene rings is 1. The molecule has 1 aromatic rings. The van der Waals surface area contributed by atoms with Crippen molar-refractivity contribution in [1.29, 1.82) is 0 Å². The molecule has 1 amide bonds. The third-order valence-corrected chi connectivity index (χ3v) is 4.45. The number of amides is 1. The van der Waals surface area contributed by atoms with Gasteiger partial charge in [0.25, 0.3) is 0 Å². The van der Waals surface area contributed by atoms with Crippen LogP contribution in [-0.4, -0.2) is 38.2 Å². The van der Waals surface area contributed by atoms with Crippen molar-refractivity contribution < 1.29 is 22.7 Å². The van der Waals surface area contributed by atoms with Crippen LogP contribution in [0.5, 0.6) is 0 Å². The molecule has 6 nitrogen and oxygen atoms in total. The number of alkyl carbamates (subject to hydrolysis) is 1. The molecule has 1 N–H and O–H groups in total. The summed E-state index contributed by atoms with van der Waals surface area (Å²) in [7, 11) is -3.60. The van der Waals surface area contributed by atoms with E-state index < -0.39 is 27.3 Å². The Morgan fingerprint density at radius 1 is 1.13 bits per heavy atom. The van der Waals surface area contributed by atoms with Crippen LogP contribution in [0.4, 0.5) is 4.79 Å². The number of ketones is 1. The molecule has 0 bridgehead atoms. The van der Waals surface area contributed by atoms with E-state index in [2.05, 4.69) is 5.32 Å². The standard InChI is InChI=1S/C16H23NO5S/c1-16(2,3)22-15(19)17-11-7-8-13(18)12-23(20,21)14-9-5-4-6-10-14/h4-6,9-10H,7-8,11-12H2,1-3H3,(H,17,19). The lowest BCUT2D eigenvalue weighted by Crippen LogP contribution is -2.33. The fraction of sp³-hybridized carbons (Fsp3) is 0.500. The SMILES string of the molecule is CC(C)(C)OC(=O)NCCCC(=O)CS(=O)(=O)c1ccccc1. The van der Waals surface area contributed by atoms with E-state index in [0.717, 1.165) is 0 Å². The summed E-state index contributed by atoms with van der Waals surface area (Å²) in [6.45, 7) is 5.52. The van der Waals surface area contributed by atoms with Crippen molar-refractivity contribution >= 4 is 21.7 Å². The van der Waals surface area contributed by atoms with Crippen molar-refractivity contribution in [2.24, 2.45) is 0 Å². The second-order valence-corrected chi connectivity index (χ2v) is 8.13. The third-order valence-electron chi connectivity index (χ3n) is 2.75. The summed E-state index contributed by atoms with van der Waals surface area (Å²) >= 11 is 0. The van der Waals surface area contributed by atoms with E-state index in [-0.39, 0.29) is 23.6 Å². The molecule has 1 rings (SSSR count). The predicted octanol–water partition coefficient (Wildman–Crippen LogP) is 2.33. The van der Waals surface area contributed by atoms with Gasteiger partial charge in [-0.2, -0.15) is 0 Å². The van der Waals surface area contributed by atoms with Gasteiger partial charge < -0.3 is 10.1 Å². The lowest BCUT2D eigenvalue weighted by Gasteiger charge is -2.19. The van der Waals surface area contributed by atoms with Gasteiger partial charge in [-0.05, 0) is 39.3 Å². The number of nitrogens with one attached hydrogen (secondary N) is 1. The third kappa shape index (κ3) is 7.78. The zero-order valence-corrected chi connectivity index (χ0v) is 14.5. The average Bonchev–Trinajstić information content (AvgIpc) is 2.42. The molecule has 0 saturated carbocycles. The number of carbonyl (C=O) groups is 2. The fourth-order valence-corrected chi connectivity index (χ4v) is 3.09. The van der Waals surface area contributed by atoms with Gasteiger partial charge in [0.1, 0.15) is 17.1 Å². The van der Waals surface area contributed by atoms with Crippen molar-refractivity contribution in [1.82, 2.24) is 5.32 Å². The molecular formula is C16H23NO5S. The number of hydrogen-bond donors (Lipinski definition) is 1. The Balaban J connectivity index is 2.34. The molecule has 7 heteroatoms. The summed E-state index contributed by atoms with van der Waals surface area (Å²) in [5, 5.41) is 2.53. The van der Waals surface area contributed by atoms with Gasteiger partial charge in [0.05, 0.1) is 4.90 Å². The first-order valence-electron chi connectivity index (χ1n) is 7.36. The maximum absolute atomic E-state index is 12.0. The number of carbonyl (C=O) groups excluding carboxylic acids is 2.